The van der Waals surface area contributed by atoms with Gasteiger partial charge in [-0.1, -0.05) is 17.7 Å². The first kappa shape index (κ1) is 18.2. The summed E-state index contributed by atoms with van der Waals surface area (Å²) in [7, 11) is -1.74. The zero-order valence-electron chi connectivity index (χ0n) is 13.0. The number of carbonyl (C=O) groups excluding carboxylic acids is 1. The molecule has 0 aliphatic heterocycles. The van der Waals surface area contributed by atoms with Gasteiger partial charge in [-0.25, -0.2) is 8.42 Å². The van der Waals surface area contributed by atoms with E-state index in [0.717, 1.165) is 14.9 Å². The number of rotatable bonds is 6. The second-order valence-corrected chi connectivity index (χ2v) is 9.38. The Bertz CT molecular complexity index is 782. The maximum Gasteiger partial charge on any atom is 0.223 e. The van der Waals surface area contributed by atoms with Crippen LogP contribution in [0.15, 0.2) is 45.1 Å². The Morgan fingerprint density at radius 1 is 1.26 bits per heavy atom. The first-order chi connectivity index (χ1) is 10.8. The fourth-order valence-corrected chi connectivity index (χ4v) is 4.77. The van der Waals surface area contributed by atoms with Crippen molar-refractivity contribution < 1.29 is 13.2 Å². The highest BCUT2D eigenvalue weighted by Gasteiger charge is 2.18. The van der Waals surface area contributed by atoms with E-state index in [1.807, 2.05) is 18.4 Å². The molecule has 0 unspecified atom stereocenters. The van der Waals surface area contributed by atoms with Crippen LogP contribution in [-0.2, 0) is 21.2 Å². The van der Waals surface area contributed by atoms with E-state index in [1.165, 1.54) is 0 Å². The molecule has 0 aliphatic rings. The second kappa shape index (κ2) is 7.59. The van der Waals surface area contributed by atoms with Gasteiger partial charge < -0.3 is 4.90 Å². The summed E-state index contributed by atoms with van der Waals surface area (Å²) in [4.78, 5) is 15.0. The van der Waals surface area contributed by atoms with Crippen LogP contribution < -0.4 is 0 Å². The quantitative estimate of drug-likeness (QED) is 0.723. The van der Waals surface area contributed by atoms with Gasteiger partial charge in [0.1, 0.15) is 0 Å². The Morgan fingerprint density at radius 3 is 2.48 bits per heavy atom. The van der Waals surface area contributed by atoms with E-state index in [4.69, 9.17) is 0 Å². The standard InChI is InChI=1S/C16H18BrNO3S2/c1-12-3-5-15(6-4-12)23(20,21)8-7-16(19)18(2)10-14-9-13(17)11-22-14/h3-6,9,11H,7-8,10H2,1-2H3. The lowest BCUT2D eigenvalue weighted by Crippen LogP contribution is -2.27. The number of hydrogen-bond acceptors (Lipinski definition) is 4. The number of nitrogens with zero attached hydrogens (tertiary/aromatic N) is 1. The molecule has 0 atom stereocenters. The Morgan fingerprint density at radius 2 is 1.91 bits per heavy atom. The van der Waals surface area contributed by atoms with Crippen LogP contribution in [0.25, 0.3) is 0 Å². The van der Waals surface area contributed by atoms with Gasteiger partial charge in [-0.2, -0.15) is 0 Å². The van der Waals surface area contributed by atoms with Crippen molar-refractivity contribution in [1.29, 1.82) is 0 Å². The van der Waals surface area contributed by atoms with Gasteiger partial charge in [0, 0.05) is 28.2 Å². The van der Waals surface area contributed by atoms with Gasteiger partial charge in [-0.3, -0.25) is 4.79 Å². The summed E-state index contributed by atoms with van der Waals surface area (Å²) in [5.74, 6) is -0.349. The third kappa shape index (κ3) is 5.16. The molecular formula is C16H18BrNO3S2. The van der Waals surface area contributed by atoms with Crippen molar-refractivity contribution in [2.24, 2.45) is 0 Å². The van der Waals surface area contributed by atoms with Gasteiger partial charge in [-0.05, 0) is 41.1 Å². The number of benzene rings is 1. The van der Waals surface area contributed by atoms with Gasteiger partial charge in [0.05, 0.1) is 17.2 Å². The molecule has 23 heavy (non-hydrogen) atoms. The maximum absolute atomic E-state index is 12.3. The van der Waals surface area contributed by atoms with E-state index in [2.05, 4.69) is 15.9 Å². The van der Waals surface area contributed by atoms with Crippen LogP contribution >= 0.6 is 27.3 Å². The minimum Gasteiger partial charge on any atom is -0.341 e. The smallest absolute Gasteiger partial charge is 0.223 e. The van der Waals surface area contributed by atoms with E-state index in [-0.39, 0.29) is 23.0 Å². The van der Waals surface area contributed by atoms with Crippen LogP contribution in [0, 0.1) is 6.92 Å². The lowest BCUT2D eigenvalue weighted by molar-refractivity contribution is -0.129. The van der Waals surface area contributed by atoms with Crippen molar-refractivity contribution in [3.05, 3.63) is 50.6 Å². The SMILES string of the molecule is Cc1ccc(S(=O)(=O)CCC(=O)N(C)Cc2cc(Br)cs2)cc1. The van der Waals surface area contributed by atoms with Crippen LogP contribution in [0.5, 0.6) is 0 Å². The maximum atomic E-state index is 12.3. The fraction of sp³-hybridized carbons (Fsp3) is 0.312. The molecular weight excluding hydrogens is 398 g/mol. The summed E-state index contributed by atoms with van der Waals surface area (Å²) in [5, 5.41) is 1.95. The van der Waals surface area contributed by atoms with Gasteiger partial charge in [-0.15, -0.1) is 11.3 Å². The largest absolute Gasteiger partial charge is 0.341 e. The molecule has 0 saturated carbocycles. The number of amides is 1. The zero-order valence-corrected chi connectivity index (χ0v) is 16.2. The number of aryl methyl sites for hydroxylation is 1. The summed E-state index contributed by atoms with van der Waals surface area (Å²) in [5.41, 5.74) is 1.00. The molecule has 0 bridgehead atoms. The van der Waals surface area contributed by atoms with Crippen LogP contribution in [0.1, 0.15) is 16.9 Å². The molecule has 0 spiro atoms. The van der Waals surface area contributed by atoms with E-state index in [9.17, 15) is 13.2 Å². The average molecular weight is 416 g/mol. The molecule has 0 aliphatic carbocycles. The highest BCUT2D eigenvalue weighted by molar-refractivity contribution is 9.10. The lowest BCUT2D eigenvalue weighted by Gasteiger charge is -2.16. The number of sulfone groups is 1. The number of hydrogen-bond donors (Lipinski definition) is 0. The predicted octanol–water partition coefficient (Wildman–Crippen LogP) is 3.64. The molecule has 0 saturated heterocycles. The Hall–Kier alpha value is -1.18. The first-order valence-corrected chi connectivity index (χ1v) is 10.4. The topological polar surface area (TPSA) is 54.5 Å². The molecule has 1 aromatic carbocycles. The van der Waals surface area contributed by atoms with Crippen molar-refractivity contribution in [2.75, 3.05) is 12.8 Å². The normalized spacial score (nSPS) is 11.4. The van der Waals surface area contributed by atoms with Gasteiger partial charge in [0.25, 0.3) is 0 Å². The molecule has 2 rings (SSSR count). The van der Waals surface area contributed by atoms with Gasteiger partial charge in [0.15, 0.2) is 9.84 Å². The molecule has 124 valence electrons. The van der Waals surface area contributed by atoms with Crippen molar-refractivity contribution >= 4 is 43.0 Å². The average Bonchev–Trinajstić information content (AvgIpc) is 2.90. The zero-order chi connectivity index (χ0) is 17.0. The van der Waals surface area contributed by atoms with E-state index < -0.39 is 9.84 Å². The Balaban J connectivity index is 1.93. The second-order valence-electron chi connectivity index (χ2n) is 5.36. The lowest BCUT2D eigenvalue weighted by atomic mass is 10.2. The number of halogens is 1. The summed E-state index contributed by atoms with van der Waals surface area (Å²) in [6.07, 6.45) is -0.0146. The third-order valence-electron chi connectivity index (χ3n) is 3.41. The highest BCUT2D eigenvalue weighted by Crippen LogP contribution is 2.21. The van der Waals surface area contributed by atoms with E-state index in [1.54, 1.807) is 47.5 Å². The Kier molecular flexibility index (Phi) is 6.00. The Labute approximate surface area is 149 Å². The third-order valence-corrected chi connectivity index (χ3v) is 6.82. The molecule has 0 fully saturated rings. The minimum absolute atomic E-state index is 0.0146. The number of carbonyl (C=O) groups is 1. The van der Waals surface area contributed by atoms with E-state index >= 15 is 0 Å². The van der Waals surface area contributed by atoms with Gasteiger partial charge in [0.2, 0.25) is 5.91 Å². The summed E-state index contributed by atoms with van der Waals surface area (Å²) in [6, 6.07) is 8.65. The minimum atomic E-state index is -3.43. The highest BCUT2D eigenvalue weighted by atomic mass is 79.9. The monoisotopic (exact) mass is 415 g/mol. The summed E-state index contributed by atoms with van der Waals surface area (Å²) in [6.45, 7) is 2.39. The molecule has 7 heteroatoms. The number of thiophene rings is 1. The van der Waals surface area contributed by atoms with Crippen LogP contribution in [0.2, 0.25) is 0 Å². The summed E-state index contributed by atoms with van der Waals surface area (Å²) >= 11 is 4.93. The molecule has 1 amide bonds. The van der Waals surface area contributed by atoms with Crippen LogP contribution in [0.3, 0.4) is 0 Å². The van der Waals surface area contributed by atoms with Gasteiger partial charge >= 0.3 is 0 Å². The molecule has 0 radical (unpaired) electrons. The summed E-state index contributed by atoms with van der Waals surface area (Å²) < 4.78 is 25.5. The fourth-order valence-electron chi connectivity index (χ4n) is 2.03. The molecule has 2 aromatic rings. The predicted molar refractivity (Wildman–Crippen MR) is 96.3 cm³/mol. The van der Waals surface area contributed by atoms with Crippen molar-refractivity contribution in [3.8, 4) is 0 Å². The van der Waals surface area contributed by atoms with Crippen LogP contribution in [-0.4, -0.2) is 32.0 Å². The van der Waals surface area contributed by atoms with Crippen LogP contribution in [0.4, 0.5) is 0 Å². The first-order valence-electron chi connectivity index (χ1n) is 7.04. The van der Waals surface area contributed by atoms with Crippen molar-refractivity contribution in [3.63, 3.8) is 0 Å². The van der Waals surface area contributed by atoms with E-state index in [0.29, 0.717) is 6.54 Å². The molecule has 4 nitrogen and oxygen atoms in total. The van der Waals surface area contributed by atoms with Crippen molar-refractivity contribution in [1.82, 2.24) is 4.90 Å². The molecule has 1 aromatic heterocycles. The van der Waals surface area contributed by atoms with Crippen molar-refractivity contribution in [2.45, 2.75) is 24.8 Å². The molecule has 1 heterocycles. The molecule has 0 N–H and O–H groups in total.